The predicted molar refractivity (Wildman–Crippen MR) is 328 cm³/mol. The molecule has 0 heterocycles. The zero-order valence-corrected chi connectivity index (χ0v) is 59.4. The molecule has 0 aromatic heterocycles. The molecule has 0 N–H and O–H groups in total. The lowest BCUT2D eigenvalue weighted by Gasteiger charge is -2.36. The Kier molecular flexibility index (Phi) is 37.3. The Morgan fingerprint density at radius 2 is 0.422 bits per heavy atom. The molecule has 4 unspecified atom stereocenters. The number of rotatable bonds is 31. The summed E-state index contributed by atoms with van der Waals surface area (Å²) in [5.41, 5.74) is 0. The van der Waals surface area contributed by atoms with Gasteiger partial charge in [0.05, 0.1) is 0 Å². The molecule has 0 saturated heterocycles. The molecule has 4 atom stereocenters. The minimum Gasteiger partial charge on any atom is -0.103 e. The van der Waals surface area contributed by atoms with Crippen molar-refractivity contribution in [1.29, 1.82) is 0 Å². The van der Waals surface area contributed by atoms with Crippen molar-refractivity contribution in [3.63, 3.8) is 0 Å². The summed E-state index contributed by atoms with van der Waals surface area (Å²) in [7, 11) is 9.95. The van der Waals surface area contributed by atoms with E-state index in [0.717, 1.165) is 53.3 Å². The Labute approximate surface area is 430 Å². The largest absolute Gasteiger partial charge is 0.103 e. The van der Waals surface area contributed by atoms with Gasteiger partial charge in [-0.15, -0.1) is 19.7 Å². The van der Waals surface area contributed by atoms with Crippen LogP contribution in [-0.4, -0.2) is 71.7 Å². The summed E-state index contributed by atoms with van der Waals surface area (Å²) in [5, 5.41) is 0. The van der Waals surface area contributed by atoms with Crippen molar-refractivity contribution in [2.24, 2.45) is 71.0 Å². The van der Waals surface area contributed by atoms with Gasteiger partial charge in [-0.3, -0.25) is 0 Å². The molecule has 4 aliphatic rings. The minimum atomic E-state index is 0. The van der Waals surface area contributed by atoms with E-state index in [2.05, 4.69) is 38.0 Å². The van der Waals surface area contributed by atoms with Gasteiger partial charge in [0.1, 0.15) is 0 Å². The van der Waals surface area contributed by atoms with Gasteiger partial charge in [-0.25, -0.2) is 0 Å². The molecule has 0 amide bonds. The van der Waals surface area contributed by atoms with E-state index in [-0.39, 0.29) is 1.43 Å². The molecular formula is C57H124Si7. The van der Waals surface area contributed by atoms with Crippen LogP contribution in [0.2, 0.25) is 42.3 Å². The van der Waals surface area contributed by atoms with Crippen LogP contribution in [0, 0.1) is 71.0 Å². The summed E-state index contributed by atoms with van der Waals surface area (Å²) < 4.78 is 10.0. The van der Waals surface area contributed by atoms with Crippen LogP contribution in [0.15, 0.2) is 38.0 Å². The van der Waals surface area contributed by atoms with Crippen LogP contribution in [0.3, 0.4) is 0 Å². The highest BCUT2D eigenvalue weighted by molar-refractivity contribution is 6.09. The highest BCUT2D eigenvalue weighted by Gasteiger charge is 2.30. The average Bonchev–Trinajstić information content (AvgIpc) is 3.35. The van der Waals surface area contributed by atoms with Crippen molar-refractivity contribution in [3.05, 3.63) is 38.0 Å². The molecule has 0 aromatic rings. The first-order chi connectivity index (χ1) is 32.3. The molecule has 0 bridgehead atoms. The van der Waals surface area contributed by atoms with E-state index in [9.17, 15) is 0 Å². The van der Waals surface area contributed by atoms with Crippen LogP contribution >= 0.6 is 0 Å². The third-order valence-corrected chi connectivity index (χ3v) is 22.5. The van der Waals surface area contributed by atoms with Crippen molar-refractivity contribution in [1.82, 2.24) is 0 Å². The molecular weight excluding hydrogens is 881 g/mol. The fraction of sp³-hybridized carbons (Fsp3) is 0.895. The van der Waals surface area contributed by atoms with Gasteiger partial charge in [-0.05, 0) is 148 Å². The lowest BCUT2D eigenvalue weighted by atomic mass is 9.70. The van der Waals surface area contributed by atoms with Gasteiger partial charge in [0.15, 0.2) is 0 Å². The molecule has 0 spiro atoms. The van der Waals surface area contributed by atoms with E-state index >= 15 is 0 Å². The Hall–Kier alpha value is 0.738. The van der Waals surface area contributed by atoms with E-state index in [0.29, 0.717) is 17.8 Å². The SMILES string of the molecule is C=CC1CC(C=C)CC(C=C)C1.[3HH].[3H][3H].[SiH3]CCCC1CC(CCC[SiH3])CC(CCCCCCC2CC(CCC[SiH3])CC(CCC[SiH3])C2)C1.[SiH3]CCCC1CC(CCC[SiH3])CC(CCC[SiH3])C1. The normalized spacial score (nSPS) is 31.1. The topological polar surface area (TPSA) is 0 Å². The number of hydrogen-bond acceptors (Lipinski definition) is 0. The summed E-state index contributed by atoms with van der Waals surface area (Å²) >= 11 is 0. The maximum Gasteiger partial charge on any atom is 0.00279 e. The molecule has 4 fully saturated rings. The van der Waals surface area contributed by atoms with Crippen LogP contribution in [-0.2, 0) is 0 Å². The molecule has 4 saturated carbocycles. The monoisotopic (exact) mass is 1010 g/mol. The second kappa shape index (κ2) is 40.5. The quantitative estimate of drug-likeness (QED) is 0.0369. The van der Waals surface area contributed by atoms with Crippen molar-refractivity contribution in [2.75, 3.05) is 0 Å². The Morgan fingerprint density at radius 3 is 0.562 bits per heavy atom. The highest BCUT2D eigenvalue weighted by atomic mass is 28.2. The molecule has 0 nitrogen and oxygen atoms in total. The summed E-state index contributed by atoms with van der Waals surface area (Å²) in [6.45, 7) is 11.6. The zero-order chi connectivity index (χ0) is 48.6. The first-order valence-corrected chi connectivity index (χ1v) is 40.0. The second-order valence-electron chi connectivity index (χ2n) is 23.6. The fourth-order valence-corrected chi connectivity index (χ4v) is 16.8. The van der Waals surface area contributed by atoms with E-state index in [1.807, 2.05) is 0 Å². The number of unbranched alkanes of at least 4 members (excludes halogenated alkanes) is 3. The Balaban J connectivity index is 0.00000110. The fourth-order valence-electron chi connectivity index (χ4n) is 13.9. The van der Waals surface area contributed by atoms with Crippen LogP contribution in [0.4, 0.5) is 0 Å². The Morgan fingerprint density at radius 1 is 0.266 bits per heavy atom. The molecule has 0 aliphatic heterocycles. The third kappa shape index (κ3) is 28.4. The van der Waals surface area contributed by atoms with Crippen LogP contribution < -0.4 is 0 Å². The van der Waals surface area contributed by atoms with Gasteiger partial charge in [0.25, 0.3) is 0 Å². The lowest BCUT2D eigenvalue weighted by molar-refractivity contribution is 0.164. The Bertz CT molecular complexity index is 965. The van der Waals surface area contributed by atoms with Crippen LogP contribution in [0.25, 0.3) is 0 Å². The van der Waals surface area contributed by atoms with Gasteiger partial charge < -0.3 is 0 Å². The van der Waals surface area contributed by atoms with Gasteiger partial charge in [-0.2, -0.15) is 0 Å². The van der Waals surface area contributed by atoms with E-state index in [1.54, 1.807) is 154 Å². The first kappa shape index (κ1) is 59.0. The standard InChI is InChI=1S/C30H66Si4.C15H36Si3.C12H18.2H2/c31-15-5-11-27-19-25(20-28(23-27)12-6-16-32)9-3-1-2-4-10-26-21-29(13-7-17-33)24-30(22-26)14-8-18-34;16-7-1-4-13-10-14(5-2-8-17)12-15(11-13)6-3-9-18;1-4-10-7-11(5-2)9-12(6-3)8-10;;/h25-30H,1-24H2,31-34H3;13-15H,1-12H2,16-18H3;4-6,10-12H,1-3,7-9H2;2*1H/i;;;1+2T;1+2. The molecule has 4 rings (SSSR count). The minimum absolute atomic E-state index is 0. The molecule has 0 radical (unpaired) electrons. The molecule has 7 heteroatoms. The van der Waals surface area contributed by atoms with Crippen molar-refractivity contribution in [2.45, 2.75) is 248 Å². The van der Waals surface area contributed by atoms with Gasteiger partial charge in [0, 0.05) is 76.1 Å². The molecule has 64 heavy (non-hydrogen) atoms. The zero-order valence-electron chi connectivity index (χ0n) is 47.4. The van der Waals surface area contributed by atoms with E-state index < -0.39 is 0 Å². The molecule has 4 aliphatic carbocycles. The molecule has 380 valence electrons. The maximum atomic E-state index is 5.00. The van der Waals surface area contributed by atoms with Gasteiger partial charge in [0.2, 0.25) is 0 Å². The lowest BCUT2D eigenvalue weighted by Crippen LogP contribution is -2.23. The van der Waals surface area contributed by atoms with Crippen molar-refractivity contribution >= 4 is 71.7 Å². The number of allylic oxidation sites excluding steroid dienone is 3. The van der Waals surface area contributed by atoms with Crippen LogP contribution in [0.5, 0.6) is 0 Å². The second-order valence-corrected chi connectivity index (χ2v) is 30.6. The van der Waals surface area contributed by atoms with E-state index in [4.69, 9.17) is 2.97 Å². The van der Waals surface area contributed by atoms with E-state index in [1.165, 1.54) is 165 Å². The number of hydrogen-bond donors (Lipinski definition) is 0. The van der Waals surface area contributed by atoms with Crippen LogP contribution in [0.1, 0.15) is 210 Å². The highest BCUT2D eigenvalue weighted by Crippen LogP contribution is 2.43. The maximum absolute atomic E-state index is 5.00. The first-order valence-electron chi connectivity index (χ1n) is 31.1. The molecule has 0 aromatic carbocycles. The summed E-state index contributed by atoms with van der Waals surface area (Å²) in [6.07, 6.45) is 55.4. The summed E-state index contributed by atoms with van der Waals surface area (Å²) in [5.74, 6) is 12.0. The van der Waals surface area contributed by atoms with Crippen molar-refractivity contribution in [3.8, 4) is 0 Å². The summed E-state index contributed by atoms with van der Waals surface area (Å²) in [6, 6.07) is 10.8. The van der Waals surface area contributed by atoms with Gasteiger partial charge in [-0.1, -0.05) is 189 Å². The van der Waals surface area contributed by atoms with Gasteiger partial charge >= 0.3 is 0 Å². The van der Waals surface area contributed by atoms with Crippen molar-refractivity contribution < 1.29 is 4.40 Å². The predicted octanol–water partition coefficient (Wildman–Crippen LogP) is 11.4. The third-order valence-electron chi connectivity index (χ3n) is 17.6. The summed E-state index contributed by atoms with van der Waals surface area (Å²) in [4.78, 5) is 0. The average molecular weight is 1010 g/mol. The smallest absolute Gasteiger partial charge is 0.00279 e.